The number of hydrogen-bond acceptors (Lipinski definition) is 1. The van der Waals surface area contributed by atoms with Crippen LogP contribution in [0.1, 0.15) is 43.2 Å². The molecule has 2 rings (SSSR count). The Bertz CT molecular complexity index is 332. The van der Waals surface area contributed by atoms with Crippen molar-refractivity contribution < 1.29 is 0 Å². The van der Waals surface area contributed by atoms with Gasteiger partial charge in [0.15, 0.2) is 0 Å². The van der Waals surface area contributed by atoms with Gasteiger partial charge in [-0.15, -0.1) is 0 Å². The van der Waals surface area contributed by atoms with Gasteiger partial charge in [0.25, 0.3) is 0 Å². The van der Waals surface area contributed by atoms with E-state index in [-0.39, 0.29) is 0 Å². The molecule has 16 heavy (non-hydrogen) atoms. The van der Waals surface area contributed by atoms with Crippen molar-refractivity contribution in [1.29, 1.82) is 0 Å². The minimum Gasteiger partial charge on any atom is -0.328 e. The monoisotopic (exact) mass is 217 g/mol. The van der Waals surface area contributed by atoms with E-state index < -0.39 is 0 Å². The molecule has 1 heteroatoms. The Morgan fingerprint density at radius 1 is 1.25 bits per heavy atom. The van der Waals surface area contributed by atoms with Crippen molar-refractivity contribution in [3.63, 3.8) is 0 Å². The average Bonchev–Trinajstić information content (AvgIpc) is 2.43. The molecule has 1 saturated carbocycles. The molecule has 1 aromatic carbocycles. The lowest BCUT2D eigenvalue weighted by atomic mass is 9.91. The highest BCUT2D eigenvalue weighted by Crippen LogP contribution is 2.25. The average molecular weight is 217 g/mol. The highest BCUT2D eigenvalue weighted by Gasteiger charge is 2.17. The second-order valence-electron chi connectivity index (χ2n) is 5.34. The first-order valence-electron chi connectivity index (χ1n) is 6.55. The Labute approximate surface area is 99.0 Å². The summed E-state index contributed by atoms with van der Waals surface area (Å²) in [4.78, 5) is 0. The lowest BCUT2D eigenvalue weighted by Crippen LogP contribution is -2.22. The SMILES string of the molecule is Cc1cccc(CC2CCCCC(N)C2)c1. The molecule has 1 aliphatic rings. The Kier molecular flexibility index (Phi) is 4.00. The van der Waals surface area contributed by atoms with Gasteiger partial charge < -0.3 is 5.73 Å². The maximum absolute atomic E-state index is 6.11. The van der Waals surface area contributed by atoms with Gasteiger partial charge in [0.2, 0.25) is 0 Å². The molecule has 0 radical (unpaired) electrons. The van der Waals surface area contributed by atoms with Crippen LogP contribution >= 0.6 is 0 Å². The molecule has 0 aromatic heterocycles. The second-order valence-corrected chi connectivity index (χ2v) is 5.34. The first kappa shape index (κ1) is 11.7. The Hall–Kier alpha value is -0.820. The number of nitrogens with two attached hydrogens (primary N) is 1. The van der Waals surface area contributed by atoms with Gasteiger partial charge in [-0.1, -0.05) is 49.1 Å². The van der Waals surface area contributed by atoms with E-state index >= 15 is 0 Å². The van der Waals surface area contributed by atoms with Crippen LogP contribution in [0.4, 0.5) is 0 Å². The van der Waals surface area contributed by atoms with Gasteiger partial charge in [-0.3, -0.25) is 0 Å². The van der Waals surface area contributed by atoms with Crippen molar-refractivity contribution in [2.75, 3.05) is 0 Å². The fraction of sp³-hybridized carbons (Fsp3) is 0.600. The second kappa shape index (κ2) is 5.49. The van der Waals surface area contributed by atoms with Gasteiger partial charge in [-0.25, -0.2) is 0 Å². The first-order valence-corrected chi connectivity index (χ1v) is 6.55. The van der Waals surface area contributed by atoms with Crippen LogP contribution < -0.4 is 5.73 Å². The third-order valence-electron chi connectivity index (χ3n) is 3.68. The van der Waals surface area contributed by atoms with E-state index in [1.807, 2.05) is 0 Å². The Morgan fingerprint density at radius 3 is 2.88 bits per heavy atom. The molecule has 2 N–H and O–H groups in total. The molecule has 0 amide bonds. The van der Waals surface area contributed by atoms with Crippen LogP contribution in [0.3, 0.4) is 0 Å². The van der Waals surface area contributed by atoms with E-state index in [0.29, 0.717) is 6.04 Å². The molecule has 0 aliphatic heterocycles. The molecule has 1 aliphatic carbocycles. The minimum absolute atomic E-state index is 0.442. The fourth-order valence-electron chi connectivity index (χ4n) is 2.86. The van der Waals surface area contributed by atoms with Crippen molar-refractivity contribution >= 4 is 0 Å². The van der Waals surface area contributed by atoms with Crippen LogP contribution in [0.15, 0.2) is 24.3 Å². The number of rotatable bonds is 2. The summed E-state index contributed by atoms with van der Waals surface area (Å²) in [6, 6.07) is 9.35. The molecule has 1 nitrogen and oxygen atoms in total. The van der Waals surface area contributed by atoms with Crippen LogP contribution in [0.25, 0.3) is 0 Å². The zero-order valence-corrected chi connectivity index (χ0v) is 10.3. The number of benzene rings is 1. The standard InChI is InChI=1S/C15H23N/c1-12-5-4-7-13(9-12)10-14-6-2-3-8-15(16)11-14/h4-5,7,9,14-15H,2-3,6,8,10-11,16H2,1H3. The molecule has 0 saturated heterocycles. The number of aryl methyl sites for hydroxylation is 1. The Morgan fingerprint density at radius 2 is 2.06 bits per heavy atom. The summed E-state index contributed by atoms with van der Waals surface area (Å²) in [6.07, 6.45) is 7.71. The molecule has 1 fully saturated rings. The zero-order chi connectivity index (χ0) is 11.4. The topological polar surface area (TPSA) is 26.0 Å². The van der Waals surface area contributed by atoms with E-state index in [0.717, 1.165) is 5.92 Å². The van der Waals surface area contributed by atoms with Crippen LogP contribution in [-0.4, -0.2) is 6.04 Å². The molecule has 0 heterocycles. The van der Waals surface area contributed by atoms with Crippen LogP contribution in [0.5, 0.6) is 0 Å². The van der Waals surface area contributed by atoms with E-state index in [2.05, 4.69) is 31.2 Å². The molecule has 88 valence electrons. The molecule has 2 atom stereocenters. The van der Waals surface area contributed by atoms with Crippen LogP contribution in [-0.2, 0) is 6.42 Å². The summed E-state index contributed by atoms with van der Waals surface area (Å²) < 4.78 is 0. The van der Waals surface area contributed by atoms with Gasteiger partial charge in [0.05, 0.1) is 0 Å². The largest absolute Gasteiger partial charge is 0.328 e. The van der Waals surface area contributed by atoms with Gasteiger partial charge in [0, 0.05) is 6.04 Å². The van der Waals surface area contributed by atoms with Gasteiger partial charge in [0.1, 0.15) is 0 Å². The number of hydrogen-bond donors (Lipinski definition) is 1. The van der Waals surface area contributed by atoms with Crippen LogP contribution in [0.2, 0.25) is 0 Å². The molecule has 1 aromatic rings. The maximum atomic E-state index is 6.11. The lowest BCUT2D eigenvalue weighted by Gasteiger charge is -2.17. The van der Waals surface area contributed by atoms with E-state index in [1.54, 1.807) is 0 Å². The van der Waals surface area contributed by atoms with Gasteiger partial charge in [-0.2, -0.15) is 0 Å². The molecule has 0 spiro atoms. The summed E-state index contributed by atoms with van der Waals surface area (Å²) in [5.74, 6) is 0.805. The Balaban J connectivity index is 1.97. The van der Waals surface area contributed by atoms with E-state index in [1.165, 1.54) is 49.7 Å². The summed E-state index contributed by atoms with van der Waals surface area (Å²) >= 11 is 0. The highest BCUT2D eigenvalue weighted by molar-refractivity contribution is 5.22. The summed E-state index contributed by atoms with van der Waals surface area (Å²) in [5.41, 5.74) is 8.96. The molecule has 2 unspecified atom stereocenters. The van der Waals surface area contributed by atoms with Crippen molar-refractivity contribution in [3.05, 3.63) is 35.4 Å². The van der Waals surface area contributed by atoms with Gasteiger partial charge in [-0.05, 0) is 37.7 Å². The minimum atomic E-state index is 0.442. The van der Waals surface area contributed by atoms with Crippen LogP contribution in [0, 0.1) is 12.8 Å². The maximum Gasteiger partial charge on any atom is 0.00415 e. The zero-order valence-electron chi connectivity index (χ0n) is 10.3. The quantitative estimate of drug-likeness (QED) is 0.754. The fourth-order valence-corrected chi connectivity index (χ4v) is 2.86. The summed E-state index contributed by atoms with van der Waals surface area (Å²) in [6.45, 7) is 2.17. The summed E-state index contributed by atoms with van der Waals surface area (Å²) in [7, 11) is 0. The van der Waals surface area contributed by atoms with Gasteiger partial charge >= 0.3 is 0 Å². The third-order valence-corrected chi connectivity index (χ3v) is 3.68. The molecular formula is C15H23N. The van der Waals surface area contributed by atoms with Crippen molar-refractivity contribution in [1.82, 2.24) is 0 Å². The van der Waals surface area contributed by atoms with Crippen molar-refractivity contribution in [2.45, 2.75) is 51.5 Å². The van der Waals surface area contributed by atoms with Crippen molar-refractivity contribution in [2.24, 2.45) is 11.7 Å². The normalized spacial score (nSPS) is 26.4. The molecular weight excluding hydrogens is 194 g/mol. The predicted octanol–water partition coefficient (Wildman–Crippen LogP) is 3.45. The molecule has 0 bridgehead atoms. The highest BCUT2D eigenvalue weighted by atomic mass is 14.6. The first-order chi connectivity index (χ1) is 7.74. The summed E-state index contributed by atoms with van der Waals surface area (Å²) in [5, 5.41) is 0. The van der Waals surface area contributed by atoms with E-state index in [9.17, 15) is 0 Å². The third kappa shape index (κ3) is 3.34. The smallest absolute Gasteiger partial charge is 0.00415 e. The predicted molar refractivity (Wildman–Crippen MR) is 69.4 cm³/mol. The lowest BCUT2D eigenvalue weighted by molar-refractivity contribution is 0.431. The van der Waals surface area contributed by atoms with E-state index in [4.69, 9.17) is 5.73 Å². The van der Waals surface area contributed by atoms with Crippen molar-refractivity contribution in [3.8, 4) is 0 Å².